The number of alkyl halides is 3. The summed E-state index contributed by atoms with van der Waals surface area (Å²) in [6.07, 6.45) is -0.733. The fourth-order valence-corrected chi connectivity index (χ4v) is 4.50. The zero-order valence-corrected chi connectivity index (χ0v) is 12.2. The van der Waals surface area contributed by atoms with Crippen molar-refractivity contribution in [3.8, 4) is 0 Å². The van der Waals surface area contributed by atoms with Gasteiger partial charge in [-0.1, -0.05) is 13.8 Å². The predicted octanol–water partition coefficient (Wildman–Crippen LogP) is 3.51. The van der Waals surface area contributed by atoms with E-state index in [1.807, 2.05) is 0 Å². The van der Waals surface area contributed by atoms with Gasteiger partial charge >= 0.3 is 6.18 Å². The van der Waals surface area contributed by atoms with Crippen molar-refractivity contribution in [1.82, 2.24) is 5.32 Å². The third-order valence-corrected chi connectivity index (χ3v) is 5.71. The van der Waals surface area contributed by atoms with Gasteiger partial charge in [0.15, 0.2) is 0 Å². The summed E-state index contributed by atoms with van der Waals surface area (Å²) in [5.41, 5.74) is 0.113. The van der Waals surface area contributed by atoms with Crippen LogP contribution in [0, 0.1) is 17.3 Å². The van der Waals surface area contributed by atoms with Crippen LogP contribution in [-0.2, 0) is 4.74 Å². The molecule has 116 valence electrons. The second-order valence-corrected chi connectivity index (χ2v) is 7.30. The number of fused-ring (bicyclic) bond motifs is 1. The molecule has 5 heteroatoms. The quantitative estimate of drug-likeness (QED) is 0.840. The third kappa shape index (κ3) is 2.37. The first-order chi connectivity index (χ1) is 9.30. The van der Waals surface area contributed by atoms with Crippen LogP contribution in [0.25, 0.3) is 0 Å². The van der Waals surface area contributed by atoms with E-state index < -0.39 is 12.1 Å². The Morgan fingerprint density at radius 1 is 1.05 bits per heavy atom. The Bertz CT molecular complexity index is 361. The Morgan fingerprint density at radius 3 is 2.30 bits per heavy atom. The van der Waals surface area contributed by atoms with E-state index in [1.165, 1.54) is 0 Å². The van der Waals surface area contributed by atoms with Crippen molar-refractivity contribution in [2.75, 3.05) is 6.61 Å². The number of rotatable bonds is 2. The summed E-state index contributed by atoms with van der Waals surface area (Å²) in [4.78, 5) is 0. The van der Waals surface area contributed by atoms with E-state index in [0.717, 1.165) is 13.0 Å². The second-order valence-electron chi connectivity index (χ2n) is 7.30. The van der Waals surface area contributed by atoms with Crippen LogP contribution in [0.2, 0.25) is 0 Å². The summed E-state index contributed by atoms with van der Waals surface area (Å²) in [6.45, 7) is 5.24. The highest BCUT2D eigenvalue weighted by Gasteiger charge is 2.59. The molecule has 2 saturated carbocycles. The normalized spacial score (nSPS) is 44.0. The Labute approximate surface area is 118 Å². The minimum absolute atomic E-state index is 0.113. The standard InChI is InChI=1S/C15H24F3NO/c1-14(2)12(11-7-8-20-13(11)14)19-10-5-3-9(4-6-10)15(16,17)18/h9-13,19H,3-8H2,1-2H3. The molecule has 0 radical (unpaired) electrons. The van der Waals surface area contributed by atoms with Gasteiger partial charge in [-0.2, -0.15) is 13.2 Å². The average molecular weight is 291 g/mol. The number of hydrogen-bond donors (Lipinski definition) is 1. The monoisotopic (exact) mass is 291 g/mol. The minimum Gasteiger partial charge on any atom is -0.377 e. The highest BCUT2D eigenvalue weighted by atomic mass is 19.4. The van der Waals surface area contributed by atoms with Crippen LogP contribution in [0.1, 0.15) is 46.0 Å². The summed E-state index contributed by atoms with van der Waals surface area (Å²) < 4.78 is 43.8. The lowest BCUT2D eigenvalue weighted by molar-refractivity contribution is -0.183. The van der Waals surface area contributed by atoms with Gasteiger partial charge in [0.25, 0.3) is 0 Å². The smallest absolute Gasteiger partial charge is 0.377 e. The summed E-state index contributed by atoms with van der Waals surface area (Å²) in [5, 5.41) is 3.64. The van der Waals surface area contributed by atoms with Gasteiger partial charge in [0, 0.05) is 30.0 Å². The Hall–Kier alpha value is -0.290. The number of hydrogen-bond acceptors (Lipinski definition) is 2. The van der Waals surface area contributed by atoms with Gasteiger partial charge in [0.1, 0.15) is 0 Å². The van der Waals surface area contributed by atoms with Crippen molar-refractivity contribution < 1.29 is 17.9 Å². The van der Waals surface area contributed by atoms with Gasteiger partial charge in [0.2, 0.25) is 0 Å². The third-order valence-electron chi connectivity index (χ3n) is 5.71. The molecular weight excluding hydrogens is 267 g/mol. The zero-order chi connectivity index (χ0) is 14.5. The molecule has 3 unspecified atom stereocenters. The largest absolute Gasteiger partial charge is 0.391 e. The Balaban J connectivity index is 1.53. The van der Waals surface area contributed by atoms with Crippen LogP contribution in [0.15, 0.2) is 0 Å². The molecular formula is C15H24F3NO. The lowest BCUT2D eigenvalue weighted by Gasteiger charge is -2.56. The first kappa shape index (κ1) is 14.6. The predicted molar refractivity (Wildman–Crippen MR) is 70.4 cm³/mol. The van der Waals surface area contributed by atoms with Crippen LogP contribution < -0.4 is 5.32 Å². The lowest BCUT2D eigenvalue weighted by atomic mass is 9.57. The molecule has 2 aliphatic carbocycles. The maximum atomic E-state index is 12.7. The van der Waals surface area contributed by atoms with Crippen LogP contribution >= 0.6 is 0 Å². The maximum Gasteiger partial charge on any atom is 0.391 e. The maximum absolute atomic E-state index is 12.7. The Morgan fingerprint density at radius 2 is 1.70 bits per heavy atom. The van der Waals surface area contributed by atoms with Crippen molar-refractivity contribution >= 4 is 0 Å². The fraction of sp³-hybridized carbons (Fsp3) is 1.00. The fourth-order valence-electron chi connectivity index (χ4n) is 4.50. The van der Waals surface area contributed by atoms with Gasteiger partial charge in [-0.3, -0.25) is 0 Å². The van der Waals surface area contributed by atoms with E-state index in [0.29, 0.717) is 30.9 Å². The van der Waals surface area contributed by atoms with Crippen LogP contribution in [0.5, 0.6) is 0 Å². The van der Waals surface area contributed by atoms with Crippen molar-refractivity contribution in [2.24, 2.45) is 17.3 Å². The van der Waals surface area contributed by atoms with Crippen molar-refractivity contribution in [3.05, 3.63) is 0 Å². The van der Waals surface area contributed by atoms with E-state index >= 15 is 0 Å². The van der Waals surface area contributed by atoms with E-state index in [9.17, 15) is 13.2 Å². The van der Waals surface area contributed by atoms with Crippen molar-refractivity contribution in [3.63, 3.8) is 0 Å². The molecule has 1 aliphatic heterocycles. The summed E-state index contributed by atoms with van der Waals surface area (Å²) in [5.74, 6) is -0.525. The molecule has 3 fully saturated rings. The van der Waals surface area contributed by atoms with Crippen LogP contribution in [0.4, 0.5) is 13.2 Å². The first-order valence-corrected chi connectivity index (χ1v) is 7.74. The summed E-state index contributed by atoms with van der Waals surface area (Å²) in [7, 11) is 0. The van der Waals surface area contributed by atoms with Crippen LogP contribution in [-0.4, -0.2) is 31.0 Å². The molecule has 0 amide bonds. The highest BCUT2D eigenvalue weighted by Crippen LogP contribution is 2.52. The minimum atomic E-state index is -4.01. The first-order valence-electron chi connectivity index (χ1n) is 7.74. The molecule has 20 heavy (non-hydrogen) atoms. The summed E-state index contributed by atoms with van der Waals surface area (Å²) in [6, 6.07) is 0.655. The molecule has 0 bridgehead atoms. The average Bonchev–Trinajstić information content (AvgIpc) is 2.82. The molecule has 3 atom stereocenters. The second kappa shape index (κ2) is 4.87. The highest BCUT2D eigenvalue weighted by molar-refractivity contribution is 5.12. The molecule has 2 nitrogen and oxygen atoms in total. The molecule has 1 saturated heterocycles. The van der Waals surface area contributed by atoms with E-state index in [-0.39, 0.29) is 24.3 Å². The molecule has 3 rings (SSSR count). The topological polar surface area (TPSA) is 21.3 Å². The van der Waals surface area contributed by atoms with E-state index in [1.54, 1.807) is 0 Å². The van der Waals surface area contributed by atoms with Crippen LogP contribution in [0.3, 0.4) is 0 Å². The molecule has 1 heterocycles. The number of ether oxygens (including phenoxy) is 1. The molecule has 1 N–H and O–H groups in total. The van der Waals surface area contributed by atoms with Crippen molar-refractivity contribution in [1.29, 1.82) is 0 Å². The number of halogens is 3. The van der Waals surface area contributed by atoms with E-state index in [2.05, 4.69) is 19.2 Å². The van der Waals surface area contributed by atoms with Gasteiger partial charge in [-0.25, -0.2) is 0 Å². The molecule has 0 aromatic carbocycles. The summed E-state index contributed by atoms with van der Waals surface area (Å²) >= 11 is 0. The molecule has 0 spiro atoms. The van der Waals surface area contributed by atoms with Gasteiger partial charge in [-0.05, 0) is 32.1 Å². The molecule has 3 aliphatic rings. The molecule has 0 aromatic heterocycles. The lowest BCUT2D eigenvalue weighted by Crippen LogP contribution is -2.67. The van der Waals surface area contributed by atoms with Gasteiger partial charge in [-0.15, -0.1) is 0 Å². The SMILES string of the molecule is CC1(C)C(NC2CCC(C(F)(F)F)CC2)C2CCOC21. The molecule has 0 aromatic rings. The Kier molecular flexibility index (Phi) is 3.57. The van der Waals surface area contributed by atoms with Crippen molar-refractivity contribution in [2.45, 2.75) is 70.3 Å². The zero-order valence-electron chi connectivity index (χ0n) is 12.2. The van der Waals surface area contributed by atoms with Gasteiger partial charge in [0.05, 0.1) is 12.0 Å². The van der Waals surface area contributed by atoms with Gasteiger partial charge < -0.3 is 10.1 Å². The number of nitrogens with one attached hydrogen (secondary N) is 1. The van der Waals surface area contributed by atoms with E-state index in [4.69, 9.17) is 4.74 Å².